The molecule has 0 aliphatic carbocycles. The first-order chi connectivity index (χ1) is 27.4. The number of ether oxygens (including phenoxy) is 2. The molecule has 0 saturated carbocycles. The molecule has 6 amide bonds. The Morgan fingerprint density at radius 3 is 2.33 bits per heavy atom. The van der Waals surface area contributed by atoms with E-state index in [1.807, 2.05) is 43.4 Å². The number of carbonyl (C=O) groups excluding carboxylic acids is 5. The Morgan fingerprint density at radius 2 is 1.63 bits per heavy atom. The van der Waals surface area contributed by atoms with E-state index in [0.29, 0.717) is 49.7 Å². The first kappa shape index (κ1) is 38.1. The highest BCUT2D eigenvalue weighted by Crippen LogP contribution is 2.40. The lowest BCUT2D eigenvalue weighted by Crippen LogP contribution is -2.62. The summed E-state index contributed by atoms with van der Waals surface area (Å²) < 4.78 is 13.1. The summed E-state index contributed by atoms with van der Waals surface area (Å²) in [4.78, 5) is 86.9. The van der Waals surface area contributed by atoms with Gasteiger partial charge in [-0.2, -0.15) is 0 Å². The molecule has 1 aromatic heterocycles. The molecule has 8 rings (SSSR count). The molecule has 0 bridgehead atoms. The molecule has 3 unspecified atom stereocenters. The zero-order chi connectivity index (χ0) is 40.3. The number of piperidine rings is 1. The standard InChI is InChI=1S/C41H48N8O8/c1-44(2)19-30-34(56-4)16-23(17-35(30)57-5)28-20-45(3)38(52)29-21-47(13-10-25(28)29)41(55)42-12-15-46-14-11-31-33(46)22-48(31)24-6-7-26-27(18-24)40(54)49(39(26)53)32-8-9-36(50)43-37(32)51/h6-7,16-18,20,31-33H,8-15,19,21-22H2,1-5H3,(H,42,55)(H,43,50,51). The molecule has 2 aromatic carbocycles. The van der Waals surface area contributed by atoms with Crippen LogP contribution in [0.25, 0.3) is 11.1 Å². The Balaban J connectivity index is 0.879. The van der Waals surface area contributed by atoms with Gasteiger partial charge in [0.25, 0.3) is 17.4 Å². The normalized spacial score (nSPS) is 21.6. The van der Waals surface area contributed by atoms with Crippen molar-refractivity contribution in [1.29, 1.82) is 0 Å². The van der Waals surface area contributed by atoms with Gasteiger partial charge in [-0.3, -0.25) is 39.1 Å². The molecule has 5 aliphatic rings. The number of imide groups is 2. The Bertz CT molecular complexity index is 2230. The highest BCUT2D eigenvalue weighted by Gasteiger charge is 2.48. The van der Waals surface area contributed by atoms with E-state index >= 15 is 0 Å². The van der Waals surface area contributed by atoms with Gasteiger partial charge in [-0.15, -0.1) is 0 Å². The fourth-order valence-corrected chi connectivity index (χ4v) is 9.16. The third kappa shape index (κ3) is 6.69. The van der Waals surface area contributed by atoms with Crippen LogP contribution in [0.15, 0.2) is 41.3 Å². The number of aryl methyl sites for hydroxylation is 1. The number of hydrogen-bond acceptors (Lipinski definition) is 11. The number of likely N-dealkylation sites (tertiary alicyclic amines) is 1. The van der Waals surface area contributed by atoms with Gasteiger partial charge in [0.1, 0.15) is 17.5 Å². The predicted octanol–water partition coefficient (Wildman–Crippen LogP) is 1.56. The van der Waals surface area contributed by atoms with Crippen molar-refractivity contribution in [3.05, 3.63) is 74.7 Å². The molecule has 6 heterocycles. The number of pyridine rings is 1. The molecule has 16 heteroatoms. The minimum Gasteiger partial charge on any atom is -0.496 e. The van der Waals surface area contributed by atoms with Crippen LogP contribution in [0.3, 0.4) is 0 Å². The van der Waals surface area contributed by atoms with Gasteiger partial charge in [-0.1, -0.05) is 0 Å². The van der Waals surface area contributed by atoms with Crippen LogP contribution in [-0.4, -0.2) is 133 Å². The summed E-state index contributed by atoms with van der Waals surface area (Å²) in [5.41, 5.74) is 5.50. The van der Waals surface area contributed by atoms with Gasteiger partial charge in [-0.25, -0.2) is 4.79 Å². The molecular weight excluding hydrogens is 732 g/mol. The predicted molar refractivity (Wildman–Crippen MR) is 209 cm³/mol. The van der Waals surface area contributed by atoms with Gasteiger partial charge in [-0.05, 0) is 74.8 Å². The number of aromatic nitrogens is 1. The van der Waals surface area contributed by atoms with E-state index in [1.54, 1.807) is 42.9 Å². The molecule has 5 aliphatic heterocycles. The van der Waals surface area contributed by atoms with Gasteiger partial charge in [0.2, 0.25) is 11.8 Å². The van der Waals surface area contributed by atoms with E-state index in [9.17, 15) is 28.8 Å². The largest absolute Gasteiger partial charge is 0.496 e. The summed E-state index contributed by atoms with van der Waals surface area (Å²) in [7, 11) is 8.98. The van der Waals surface area contributed by atoms with Crippen LogP contribution in [0.1, 0.15) is 56.7 Å². The van der Waals surface area contributed by atoms with Crippen molar-refractivity contribution < 1.29 is 33.4 Å². The third-order valence-electron chi connectivity index (χ3n) is 12.1. The van der Waals surface area contributed by atoms with Crippen molar-refractivity contribution in [3.63, 3.8) is 0 Å². The van der Waals surface area contributed by atoms with Gasteiger partial charge in [0.15, 0.2) is 0 Å². The van der Waals surface area contributed by atoms with Crippen molar-refractivity contribution in [3.8, 4) is 22.6 Å². The lowest BCUT2D eigenvalue weighted by molar-refractivity contribution is -0.136. The molecular formula is C41H48N8O8. The number of methoxy groups -OCH3 is 2. The lowest BCUT2D eigenvalue weighted by atomic mass is 9.91. The van der Waals surface area contributed by atoms with Crippen LogP contribution in [0.5, 0.6) is 11.5 Å². The average Bonchev–Trinajstić information content (AvgIpc) is 3.62. The molecule has 3 aromatic rings. The zero-order valence-electron chi connectivity index (χ0n) is 32.9. The summed E-state index contributed by atoms with van der Waals surface area (Å²) >= 11 is 0. The van der Waals surface area contributed by atoms with Crippen molar-refractivity contribution in [1.82, 2.24) is 34.8 Å². The monoisotopic (exact) mass is 780 g/mol. The second kappa shape index (κ2) is 15.0. The van der Waals surface area contributed by atoms with E-state index in [0.717, 1.165) is 52.4 Å². The number of hydrogen-bond donors (Lipinski definition) is 2. The Morgan fingerprint density at radius 1 is 0.895 bits per heavy atom. The van der Waals surface area contributed by atoms with Gasteiger partial charge in [0, 0.05) is 87.8 Å². The average molecular weight is 781 g/mol. The third-order valence-corrected chi connectivity index (χ3v) is 12.1. The summed E-state index contributed by atoms with van der Waals surface area (Å²) in [6.45, 7) is 4.03. The second-order valence-electron chi connectivity index (χ2n) is 15.7. The maximum Gasteiger partial charge on any atom is 0.317 e. The van der Waals surface area contributed by atoms with E-state index in [4.69, 9.17) is 9.47 Å². The molecule has 3 atom stereocenters. The first-order valence-electron chi connectivity index (χ1n) is 19.4. The number of urea groups is 1. The molecule has 3 saturated heterocycles. The van der Waals surface area contributed by atoms with Crippen molar-refractivity contribution in [2.75, 3.05) is 65.9 Å². The van der Waals surface area contributed by atoms with Crippen LogP contribution >= 0.6 is 0 Å². The Hall–Kier alpha value is -5.74. The maximum atomic E-state index is 13.5. The first-order valence-corrected chi connectivity index (χ1v) is 19.4. The molecule has 57 heavy (non-hydrogen) atoms. The number of fused-ring (bicyclic) bond motifs is 3. The Labute approximate surface area is 330 Å². The quantitative estimate of drug-likeness (QED) is 0.287. The number of carbonyl (C=O) groups is 5. The summed E-state index contributed by atoms with van der Waals surface area (Å²) in [6.07, 6.45) is 3.48. The molecule has 0 spiro atoms. The summed E-state index contributed by atoms with van der Waals surface area (Å²) in [5, 5.41) is 5.32. The minimum atomic E-state index is -1.00. The Kier molecular flexibility index (Phi) is 10.0. The number of nitrogens with zero attached hydrogens (tertiary/aromatic N) is 6. The van der Waals surface area contributed by atoms with Crippen LogP contribution in [-0.2, 0) is 36.1 Å². The van der Waals surface area contributed by atoms with Crippen LogP contribution < -0.4 is 30.6 Å². The molecule has 2 N–H and O–H groups in total. The van der Waals surface area contributed by atoms with E-state index in [-0.39, 0.29) is 54.2 Å². The number of benzene rings is 2. The maximum absolute atomic E-state index is 13.5. The molecule has 3 fully saturated rings. The van der Waals surface area contributed by atoms with Crippen molar-refractivity contribution in [2.45, 2.75) is 56.9 Å². The van der Waals surface area contributed by atoms with Gasteiger partial charge in [0.05, 0.1) is 37.5 Å². The SMILES string of the molecule is COc1cc(-c2cn(C)c(=O)c3c2CCN(C(=O)NCCN2CCC4C2CN4c2ccc4c(c2)C(=O)N(C2CCC(=O)NC2=O)C4=O)C3)cc(OC)c1CN(C)C. The smallest absolute Gasteiger partial charge is 0.317 e. The highest BCUT2D eigenvalue weighted by atomic mass is 16.5. The zero-order valence-corrected chi connectivity index (χ0v) is 32.9. The second-order valence-corrected chi connectivity index (χ2v) is 15.7. The minimum absolute atomic E-state index is 0.0713. The molecule has 0 radical (unpaired) electrons. The fourth-order valence-electron chi connectivity index (χ4n) is 9.16. The highest BCUT2D eigenvalue weighted by molar-refractivity contribution is 6.23. The van der Waals surface area contributed by atoms with Crippen LogP contribution in [0.4, 0.5) is 10.5 Å². The summed E-state index contributed by atoms with van der Waals surface area (Å²) in [6, 6.07) is 8.51. The van der Waals surface area contributed by atoms with E-state index < -0.39 is 29.7 Å². The van der Waals surface area contributed by atoms with E-state index in [1.165, 1.54) is 0 Å². The fraction of sp³-hybridized carbons (Fsp3) is 0.463. The molecule has 16 nitrogen and oxygen atoms in total. The summed E-state index contributed by atoms with van der Waals surface area (Å²) in [5.74, 6) is -0.666. The number of nitrogens with one attached hydrogen (secondary N) is 2. The van der Waals surface area contributed by atoms with E-state index in [2.05, 4.69) is 20.4 Å². The number of rotatable bonds is 10. The topological polar surface area (TPSA) is 166 Å². The van der Waals surface area contributed by atoms with Crippen LogP contribution in [0.2, 0.25) is 0 Å². The lowest BCUT2D eigenvalue weighted by Gasteiger charge is -2.48. The molecule has 300 valence electrons. The number of amides is 6. The number of anilines is 1. The van der Waals surface area contributed by atoms with Crippen LogP contribution in [0, 0.1) is 0 Å². The van der Waals surface area contributed by atoms with Gasteiger partial charge < -0.3 is 34.1 Å². The van der Waals surface area contributed by atoms with Gasteiger partial charge >= 0.3 is 6.03 Å². The van der Waals surface area contributed by atoms with Crippen molar-refractivity contribution >= 4 is 35.3 Å². The van der Waals surface area contributed by atoms with Crippen molar-refractivity contribution in [2.24, 2.45) is 7.05 Å².